The molecule has 2 N–H and O–H groups in total. The highest BCUT2D eigenvalue weighted by Crippen LogP contribution is 2.24. The summed E-state index contributed by atoms with van der Waals surface area (Å²) in [6.07, 6.45) is 0. The molecule has 1 aromatic rings. The van der Waals surface area contributed by atoms with Crippen LogP contribution in [-0.4, -0.2) is 34.9 Å². The number of carbonyl (C=O) groups excluding carboxylic acids is 1. The summed E-state index contributed by atoms with van der Waals surface area (Å²) in [4.78, 5) is 13.7. The Bertz CT molecular complexity index is 453. The van der Waals surface area contributed by atoms with Crippen LogP contribution in [0, 0.1) is 6.92 Å². The molecule has 5 heteroatoms. The van der Waals surface area contributed by atoms with Gasteiger partial charge in [0.25, 0.3) is 0 Å². The summed E-state index contributed by atoms with van der Waals surface area (Å²) in [5, 5.41) is 0. The average Bonchev–Trinajstić information content (AvgIpc) is 2.35. The summed E-state index contributed by atoms with van der Waals surface area (Å²) in [5.41, 5.74) is 7.96. The molecular formula is C13H17BrN2OS. The van der Waals surface area contributed by atoms with Crippen molar-refractivity contribution in [2.24, 2.45) is 5.73 Å². The molecule has 1 aliphatic heterocycles. The lowest BCUT2D eigenvalue weighted by molar-refractivity contribution is -0.122. The molecule has 0 saturated carbocycles. The molecular weight excluding hydrogens is 312 g/mol. The van der Waals surface area contributed by atoms with Crippen LogP contribution in [0.1, 0.15) is 11.1 Å². The van der Waals surface area contributed by atoms with Crippen LogP contribution in [0.2, 0.25) is 0 Å². The van der Waals surface area contributed by atoms with E-state index in [9.17, 15) is 4.79 Å². The van der Waals surface area contributed by atoms with Crippen LogP contribution in [0.3, 0.4) is 0 Å². The van der Waals surface area contributed by atoms with Gasteiger partial charge in [0.05, 0.1) is 6.04 Å². The van der Waals surface area contributed by atoms with Crippen molar-refractivity contribution in [3.63, 3.8) is 0 Å². The second kappa shape index (κ2) is 6.08. The Kier molecular flexibility index (Phi) is 4.70. The SMILES string of the molecule is Cc1c(Br)cccc1CN1CCSC[C@H]1C(N)=O. The number of carbonyl (C=O) groups is 1. The van der Waals surface area contributed by atoms with Crippen LogP contribution >= 0.6 is 27.7 Å². The van der Waals surface area contributed by atoms with Crippen molar-refractivity contribution < 1.29 is 4.79 Å². The maximum atomic E-state index is 11.5. The van der Waals surface area contributed by atoms with E-state index in [1.54, 1.807) is 11.8 Å². The zero-order valence-electron chi connectivity index (χ0n) is 10.4. The number of benzene rings is 1. The Balaban J connectivity index is 2.16. The number of amides is 1. The first-order valence-electron chi connectivity index (χ1n) is 5.94. The standard InChI is InChI=1S/C13H17BrN2OS/c1-9-10(3-2-4-11(9)14)7-16-5-6-18-8-12(16)13(15)17/h2-4,12H,5-8H2,1H3,(H2,15,17)/t12-/m0/s1. The molecule has 1 amide bonds. The van der Waals surface area contributed by atoms with Gasteiger partial charge >= 0.3 is 0 Å². The fraction of sp³-hybridized carbons (Fsp3) is 0.462. The van der Waals surface area contributed by atoms with Crippen molar-refractivity contribution in [1.82, 2.24) is 4.90 Å². The fourth-order valence-corrected chi connectivity index (χ4v) is 3.67. The fourth-order valence-electron chi connectivity index (χ4n) is 2.13. The van der Waals surface area contributed by atoms with Gasteiger partial charge in [0, 0.05) is 29.1 Å². The molecule has 0 aliphatic carbocycles. The lowest BCUT2D eigenvalue weighted by Gasteiger charge is -2.33. The van der Waals surface area contributed by atoms with E-state index < -0.39 is 0 Å². The van der Waals surface area contributed by atoms with Crippen molar-refractivity contribution in [3.8, 4) is 0 Å². The minimum Gasteiger partial charge on any atom is -0.368 e. The van der Waals surface area contributed by atoms with Crippen LogP contribution in [0.25, 0.3) is 0 Å². The Hall–Kier alpha value is -0.520. The quantitative estimate of drug-likeness (QED) is 0.924. The first-order chi connectivity index (χ1) is 8.59. The number of nitrogens with two attached hydrogens (primary N) is 1. The van der Waals surface area contributed by atoms with Gasteiger partial charge in [-0.25, -0.2) is 0 Å². The van der Waals surface area contributed by atoms with Crippen LogP contribution in [0.5, 0.6) is 0 Å². The predicted octanol–water partition coefficient (Wildman–Crippen LogP) is 2.16. The molecule has 0 aromatic heterocycles. The van der Waals surface area contributed by atoms with Crippen molar-refractivity contribution >= 4 is 33.6 Å². The lowest BCUT2D eigenvalue weighted by atomic mass is 10.1. The highest BCUT2D eigenvalue weighted by atomic mass is 79.9. The van der Waals surface area contributed by atoms with Gasteiger partial charge < -0.3 is 5.73 Å². The molecule has 0 spiro atoms. The smallest absolute Gasteiger partial charge is 0.235 e. The van der Waals surface area contributed by atoms with E-state index in [0.29, 0.717) is 0 Å². The highest BCUT2D eigenvalue weighted by Gasteiger charge is 2.27. The van der Waals surface area contributed by atoms with Gasteiger partial charge in [-0.2, -0.15) is 11.8 Å². The number of nitrogens with zero attached hydrogens (tertiary/aromatic N) is 1. The van der Waals surface area contributed by atoms with E-state index in [1.807, 2.05) is 12.1 Å². The van der Waals surface area contributed by atoms with E-state index in [4.69, 9.17) is 5.73 Å². The molecule has 2 rings (SSSR count). The number of rotatable bonds is 3. The van der Waals surface area contributed by atoms with Gasteiger partial charge in [-0.1, -0.05) is 28.1 Å². The topological polar surface area (TPSA) is 46.3 Å². The normalized spacial score (nSPS) is 20.9. The first kappa shape index (κ1) is 13.9. The number of primary amides is 1. The zero-order valence-corrected chi connectivity index (χ0v) is 12.8. The molecule has 1 saturated heterocycles. The summed E-state index contributed by atoms with van der Waals surface area (Å²) in [5.74, 6) is 1.66. The summed E-state index contributed by atoms with van der Waals surface area (Å²) < 4.78 is 1.11. The Labute approximate surface area is 120 Å². The van der Waals surface area contributed by atoms with E-state index in [2.05, 4.69) is 33.8 Å². The zero-order chi connectivity index (χ0) is 13.1. The average molecular weight is 329 g/mol. The molecule has 0 radical (unpaired) electrons. The van der Waals surface area contributed by atoms with Crippen LogP contribution in [0.4, 0.5) is 0 Å². The molecule has 98 valence electrons. The molecule has 1 heterocycles. The molecule has 1 aromatic carbocycles. The molecule has 1 fully saturated rings. The third kappa shape index (κ3) is 3.08. The third-order valence-electron chi connectivity index (χ3n) is 3.32. The molecule has 0 unspecified atom stereocenters. The molecule has 18 heavy (non-hydrogen) atoms. The van der Waals surface area contributed by atoms with E-state index in [0.717, 1.165) is 29.1 Å². The largest absolute Gasteiger partial charge is 0.368 e. The third-order valence-corrected chi connectivity index (χ3v) is 5.20. The van der Waals surface area contributed by atoms with Gasteiger partial charge in [-0.05, 0) is 24.1 Å². The van der Waals surface area contributed by atoms with Gasteiger partial charge in [0.15, 0.2) is 0 Å². The Morgan fingerprint density at radius 2 is 2.39 bits per heavy atom. The number of thioether (sulfide) groups is 1. The summed E-state index contributed by atoms with van der Waals surface area (Å²) >= 11 is 5.34. The minimum absolute atomic E-state index is 0.137. The monoisotopic (exact) mass is 328 g/mol. The number of hydrogen-bond acceptors (Lipinski definition) is 3. The molecule has 3 nitrogen and oxygen atoms in total. The van der Waals surface area contributed by atoms with E-state index >= 15 is 0 Å². The Morgan fingerprint density at radius 1 is 1.61 bits per heavy atom. The molecule has 1 aliphatic rings. The van der Waals surface area contributed by atoms with Gasteiger partial charge in [0.2, 0.25) is 5.91 Å². The Morgan fingerprint density at radius 3 is 3.11 bits per heavy atom. The number of halogens is 1. The van der Waals surface area contributed by atoms with Crippen molar-refractivity contribution in [2.45, 2.75) is 19.5 Å². The highest BCUT2D eigenvalue weighted by molar-refractivity contribution is 9.10. The first-order valence-corrected chi connectivity index (χ1v) is 7.89. The summed E-state index contributed by atoms with van der Waals surface area (Å²) in [7, 11) is 0. The maximum absolute atomic E-state index is 11.5. The van der Waals surface area contributed by atoms with Gasteiger partial charge in [-0.3, -0.25) is 9.69 Å². The van der Waals surface area contributed by atoms with Crippen molar-refractivity contribution in [1.29, 1.82) is 0 Å². The van der Waals surface area contributed by atoms with E-state index in [-0.39, 0.29) is 11.9 Å². The van der Waals surface area contributed by atoms with E-state index in [1.165, 1.54) is 11.1 Å². The number of hydrogen-bond donors (Lipinski definition) is 1. The maximum Gasteiger partial charge on any atom is 0.235 e. The van der Waals surface area contributed by atoms with Gasteiger partial charge in [0.1, 0.15) is 0 Å². The van der Waals surface area contributed by atoms with Crippen LogP contribution < -0.4 is 5.73 Å². The molecule has 0 bridgehead atoms. The second-order valence-electron chi connectivity index (χ2n) is 4.49. The van der Waals surface area contributed by atoms with Crippen LogP contribution in [0.15, 0.2) is 22.7 Å². The second-order valence-corrected chi connectivity index (χ2v) is 6.49. The minimum atomic E-state index is -0.213. The molecule has 1 atom stereocenters. The lowest BCUT2D eigenvalue weighted by Crippen LogP contribution is -2.49. The summed E-state index contributed by atoms with van der Waals surface area (Å²) in [6.45, 7) is 3.81. The van der Waals surface area contributed by atoms with Crippen LogP contribution in [-0.2, 0) is 11.3 Å². The van der Waals surface area contributed by atoms with Crippen molar-refractivity contribution in [2.75, 3.05) is 18.1 Å². The predicted molar refractivity (Wildman–Crippen MR) is 79.6 cm³/mol. The van der Waals surface area contributed by atoms with Crippen molar-refractivity contribution in [3.05, 3.63) is 33.8 Å². The van der Waals surface area contributed by atoms with Gasteiger partial charge in [-0.15, -0.1) is 0 Å². The summed E-state index contributed by atoms with van der Waals surface area (Å²) in [6, 6.07) is 6.04.